The average Bonchev–Trinajstić information content (AvgIpc) is 2.89. The van der Waals surface area contributed by atoms with E-state index in [1.807, 2.05) is 0 Å². The van der Waals surface area contributed by atoms with Crippen molar-refractivity contribution in [3.63, 3.8) is 0 Å². The van der Waals surface area contributed by atoms with Crippen molar-refractivity contribution in [1.29, 1.82) is 0 Å². The van der Waals surface area contributed by atoms with E-state index in [9.17, 15) is 14.7 Å². The zero-order valence-electron chi connectivity index (χ0n) is 11.0. The second-order valence-electron chi connectivity index (χ2n) is 4.74. The van der Waals surface area contributed by atoms with Gasteiger partial charge in [-0.25, -0.2) is 9.78 Å². The molecule has 0 saturated carbocycles. The summed E-state index contributed by atoms with van der Waals surface area (Å²) in [5.74, 6) is -1.54. The Morgan fingerprint density at radius 1 is 1.50 bits per heavy atom. The number of nitrogens with two attached hydrogens (primary N) is 1. The molecule has 8 nitrogen and oxygen atoms in total. The van der Waals surface area contributed by atoms with E-state index in [-0.39, 0.29) is 18.5 Å². The van der Waals surface area contributed by atoms with E-state index in [0.717, 1.165) is 0 Å². The number of nitrogens with zero attached hydrogens (tertiary/aromatic N) is 2. The van der Waals surface area contributed by atoms with Gasteiger partial charge in [0.1, 0.15) is 11.2 Å². The maximum Gasteiger partial charge on any atom is 0.329 e. The van der Waals surface area contributed by atoms with Gasteiger partial charge in [-0.3, -0.25) is 4.79 Å². The van der Waals surface area contributed by atoms with Crippen molar-refractivity contribution >= 4 is 11.9 Å². The quantitative estimate of drug-likeness (QED) is 0.650. The van der Waals surface area contributed by atoms with Crippen LogP contribution in [0.25, 0.3) is 0 Å². The Hall–Kier alpha value is -1.93. The summed E-state index contributed by atoms with van der Waals surface area (Å²) in [6.45, 7) is 1.62. The van der Waals surface area contributed by atoms with Crippen LogP contribution < -0.4 is 11.1 Å². The van der Waals surface area contributed by atoms with Crippen LogP contribution in [0.3, 0.4) is 0 Å². The van der Waals surface area contributed by atoms with Crippen LogP contribution in [0.5, 0.6) is 0 Å². The molecule has 0 aliphatic carbocycles. The van der Waals surface area contributed by atoms with Gasteiger partial charge in [0.15, 0.2) is 0 Å². The number of hydrogen-bond acceptors (Lipinski definition) is 5. The van der Waals surface area contributed by atoms with E-state index in [2.05, 4.69) is 10.3 Å². The highest BCUT2D eigenvalue weighted by atomic mass is 16.5. The summed E-state index contributed by atoms with van der Waals surface area (Å²) >= 11 is 0. The van der Waals surface area contributed by atoms with Gasteiger partial charge in [0.2, 0.25) is 0 Å². The molecule has 110 valence electrons. The molecular weight excluding hydrogens is 264 g/mol. The smallest absolute Gasteiger partial charge is 0.329 e. The molecule has 8 heteroatoms. The molecule has 1 aromatic heterocycles. The number of imidazole rings is 1. The Bertz CT molecular complexity index is 493. The van der Waals surface area contributed by atoms with Gasteiger partial charge in [0.25, 0.3) is 5.91 Å². The third-order valence-corrected chi connectivity index (χ3v) is 3.36. The molecule has 1 aromatic rings. The Morgan fingerprint density at radius 3 is 2.80 bits per heavy atom. The van der Waals surface area contributed by atoms with Gasteiger partial charge in [0, 0.05) is 45.3 Å². The summed E-state index contributed by atoms with van der Waals surface area (Å²) in [4.78, 5) is 27.5. The topological polar surface area (TPSA) is 119 Å². The maximum atomic E-state index is 12.1. The van der Waals surface area contributed by atoms with Crippen molar-refractivity contribution in [1.82, 2.24) is 14.9 Å². The summed E-state index contributed by atoms with van der Waals surface area (Å²) in [5.41, 5.74) is 4.33. The lowest BCUT2D eigenvalue weighted by molar-refractivity contribution is -0.148. The largest absolute Gasteiger partial charge is 0.480 e. The molecule has 1 aliphatic rings. The Labute approximate surface area is 115 Å². The van der Waals surface area contributed by atoms with Crippen molar-refractivity contribution in [2.75, 3.05) is 19.8 Å². The molecule has 0 radical (unpaired) electrons. The lowest BCUT2D eigenvalue weighted by atomic mass is 9.90. The fourth-order valence-electron chi connectivity index (χ4n) is 2.14. The van der Waals surface area contributed by atoms with Crippen molar-refractivity contribution in [3.05, 3.63) is 18.2 Å². The first-order valence-electron chi connectivity index (χ1n) is 6.43. The van der Waals surface area contributed by atoms with Gasteiger partial charge < -0.3 is 25.5 Å². The first-order chi connectivity index (χ1) is 9.57. The van der Waals surface area contributed by atoms with Crippen LogP contribution in [0.15, 0.2) is 12.5 Å². The number of amides is 1. The third kappa shape index (κ3) is 2.97. The Kier molecular flexibility index (Phi) is 4.35. The van der Waals surface area contributed by atoms with Gasteiger partial charge in [-0.15, -0.1) is 0 Å². The second kappa shape index (κ2) is 6.02. The number of ether oxygens (including phenoxy) is 1. The number of carboxylic acid groups (broad SMARTS) is 1. The molecule has 2 rings (SSSR count). The number of rotatable bonds is 5. The van der Waals surface area contributed by atoms with Crippen LogP contribution in [0.2, 0.25) is 0 Å². The normalized spacial score (nSPS) is 17.6. The second-order valence-corrected chi connectivity index (χ2v) is 4.74. The Balaban J connectivity index is 2.09. The minimum atomic E-state index is -1.27. The van der Waals surface area contributed by atoms with Gasteiger partial charge >= 0.3 is 5.97 Å². The average molecular weight is 282 g/mol. The number of carbonyl (C=O) groups excluding carboxylic acids is 1. The molecule has 1 saturated heterocycles. The summed E-state index contributed by atoms with van der Waals surface area (Å²) < 4.78 is 6.84. The predicted octanol–water partition coefficient (Wildman–Crippen LogP) is -0.795. The number of nitrogens with one attached hydrogen (secondary N) is 1. The molecule has 0 unspecified atom stereocenters. The van der Waals surface area contributed by atoms with E-state index in [1.54, 1.807) is 10.8 Å². The minimum Gasteiger partial charge on any atom is -0.480 e. The molecule has 0 atom stereocenters. The van der Waals surface area contributed by atoms with Crippen LogP contribution in [0.4, 0.5) is 0 Å². The lowest BCUT2D eigenvalue weighted by Crippen LogP contribution is -2.57. The first-order valence-corrected chi connectivity index (χ1v) is 6.43. The lowest BCUT2D eigenvalue weighted by Gasteiger charge is -2.33. The highest BCUT2D eigenvalue weighted by Crippen LogP contribution is 2.21. The van der Waals surface area contributed by atoms with Gasteiger partial charge in [-0.2, -0.15) is 0 Å². The zero-order chi connectivity index (χ0) is 14.6. The van der Waals surface area contributed by atoms with Gasteiger partial charge in [0.05, 0.1) is 6.33 Å². The fourth-order valence-corrected chi connectivity index (χ4v) is 2.14. The summed E-state index contributed by atoms with van der Waals surface area (Å²) in [7, 11) is 0. The summed E-state index contributed by atoms with van der Waals surface area (Å²) in [6, 6.07) is 0. The summed E-state index contributed by atoms with van der Waals surface area (Å²) in [5, 5.41) is 11.9. The van der Waals surface area contributed by atoms with E-state index in [4.69, 9.17) is 10.5 Å². The zero-order valence-corrected chi connectivity index (χ0v) is 11.0. The molecule has 4 N–H and O–H groups in total. The maximum absolute atomic E-state index is 12.1. The molecule has 20 heavy (non-hydrogen) atoms. The molecule has 1 amide bonds. The fraction of sp³-hybridized carbons (Fsp3) is 0.583. The van der Waals surface area contributed by atoms with Crippen molar-refractivity contribution in [2.24, 2.45) is 5.73 Å². The van der Waals surface area contributed by atoms with Crippen LogP contribution in [0.1, 0.15) is 23.3 Å². The predicted molar refractivity (Wildman–Crippen MR) is 69.2 cm³/mol. The standard InChI is InChI=1S/C12H18N4O4/c13-3-4-16-7-9(14-8-16)10(17)15-12(11(18)19)1-5-20-6-2-12/h7-8H,1-6,13H2,(H,15,17)(H,18,19). The van der Waals surface area contributed by atoms with Crippen LogP contribution in [-0.4, -0.2) is 51.8 Å². The molecule has 0 aromatic carbocycles. The number of aliphatic carboxylic acids is 1. The molecule has 1 aliphatic heterocycles. The highest BCUT2D eigenvalue weighted by Gasteiger charge is 2.42. The number of carbonyl (C=O) groups is 2. The number of aromatic nitrogens is 2. The van der Waals surface area contributed by atoms with E-state index in [0.29, 0.717) is 26.3 Å². The van der Waals surface area contributed by atoms with Crippen LogP contribution in [0, 0.1) is 0 Å². The van der Waals surface area contributed by atoms with Gasteiger partial charge in [-0.05, 0) is 0 Å². The SMILES string of the molecule is NCCn1cnc(C(=O)NC2(C(=O)O)CCOCC2)c1. The number of hydrogen-bond donors (Lipinski definition) is 3. The van der Waals surface area contributed by atoms with Crippen molar-refractivity contribution in [3.8, 4) is 0 Å². The van der Waals surface area contributed by atoms with Crippen molar-refractivity contribution < 1.29 is 19.4 Å². The first kappa shape index (κ1) is 14.5. The minimum absolute atomic E-state index is 0.186. The Morgan fingerprint density at radius 2 is 2.20 bits per heavy atom. The monoisotopic (exact) mass is 282 g/mol. The molecule has 2 heterocycles. The van der Waals surface area contributed by atoms with Crippen LogP contribution in [-0.2, 0) is 16.1 Å². The molecular formula is C12H18N4O4. The van der Waals surface area contributed by atoms with E-state index >= 15 is 0 Å². The van der Waals surface area contributed by atoms with Crippen LogP contribution >= 0.6 is 0 Å². The highest BCUT2D eigenvalue weighted by molar-refractivity contribution is 5.96. The molecule has 0 spiro atoms. The molecule has 0 bridgehead atoms. The van der Waals surface area contributed by atoms with E-state index < -0.39 is 17.4 Å². The summed E-state index contributed by atoms with van der Waals surface area (Å²) in [6.07, 6.45) is 3.55. The number of carboxylic acids is 1. The molecule has 1 fully saturated rings. The van der Waals surface area contributed by atoms with Crippen molar-refractivity contribution in [2.45, 2.75) is 24.9 Å². The van der Waals surface area contributed by atoms with Gasteiger partial charge in [-0.1, -0.05) is 0 Å². The third-order valence-electron chi connectivity index (χ3n) is 3.36. The van der Waals surface area contributed by atoms with E-state index in [1.165, 1.54) is 6.33 Å².